The number of rotatable bonds is 4. The third-order valence-corrected chi connectivity index (χ3v) is 2.20. The maximum atomic E-state index is 12.9. The minimum atomic E-state index is -1.12. The molecular formula is C12H16FNO2. The summed E-state index contributed by atoms with van der Waals surface area (Å²) in [4.78, 5) is 11.5. The molecule has 0 aliphatic rings. The van der Waals surface area contributed by atoms with Gasteiger partial charge in [0.25, 0.3) is 0 Å². The number of benzene rings is 1. The number of hydrogen-bond donors (Lipinski definition) is 1. The molecule has 1 aromatic rings. The topological polar surface area (TPSA) is 52.3 Å². The summed E-state index contributed by atoms with van der Waals surface area (Å²) in [7, 11) is 0. The van der Waals surface area contributed by atoms with Gasteiger partial charge in [0.1, 0.15) is 11.4 Å². The zero-order valence-electron chi connectivity index (χ0n) is 9.50. The molecule has 88 valence electrons. The fourth-order valence-corrected chi connectivity index (χ4v) is 1.44. The predicted molar refractivity (Wildman–Crippen MR) is 59.3 cm³/mol. The van der Waals surface area contributed by atoms with Crippen molar-refractivity contribution in [2.75, 3.05) is 6.61 Å². The van der Waals surface area contributed by atoms with Crippen molar-refractivity contribution in [3.05, 3.63) is 35.6 Å². The summed E-state index contributed by atoms with van der Waals surface area (Å²) in [6.07, 6.45) is 0.254. The standard InChI is InChI=1S/C12H16FNO2/c1-3-16-11(15)12(2,14)8-9-5-4-6-10(13)7-9/h4-7H,3,8,14H2,1-2H3/t12-/m1/s1. The van der Waals surface area contributed by atoms with E-state index in [1.165, 1.54) is 12.1 Å². The summed E-state index contributed by atoms with van der Waals surface area (Å²) in [5, 5.41) is 0. The molecule has 0 fully saturated rings. The Balaban J connectivity index is 2.75. The second kappa shape index (κ2) is 5.07. The van der Waals surface area contributed by atoms with E-state index in [-0.39, 0.29) is 18.8 Å². The lowest BCUT2D eigenvalue weighted by atomic mass is 9.94. The molecule has 1 atom stereocenters. The van der Waals surface area contributed by atoms with E-state index in [9.17, 15) is 9.18 Å². The number of halogens is 1. The Bertz CT molecular complexity index is 377. The Morgan fingerprint density at radius 1 is 1.56 bits per heavy atom. The summed E-state index contributed by atoms with van der Waals surface area (Å²) in [5.41, 5.74) is 5.39. The van der Waals surface area contributed by atoms with Crippen molar-refractivity contribution in [2.24, 2.45) is 5.73 Å². The van der Waals surface area contributed by atoms with E-state index in [4.69, 9.17) is 10.5 Å². The number of nitrogens with two attached hydrogens (primary N) is 1. The molecule has 0 spiro atoms. The van der Waals surface area contributed by atoms with Gasteiger partial charge in [0, 0.05) is 6.42 Å². The maximum absolute atomic E-state index is 12.9. The first-order chi connectivity index (χ1) is 7.45. The van der Waals surface area contributed by atoms with Crippen LogP contribution in [0.1, 0.15) is 19.4 Å². The molecule has 0 radical (unpaired) electrons. The lowest BCUT2D eigenvalue weighted by molar-refractivity contribution is -0.148. The van der Waals surface area contributed by atoms with Gasteiger partial charge in [-0.25, -0.2) is 4.39 Å². The van der Waals surface area contributed by atoms with Gasteiger partial charge >= 0.3 is 5.97 Å². The first kappa shape index (κ1) is 12.6. The largest absolute Gasteiger partial charge is 0.465 e. The van der Waals surface area contributed by atoms with E-state index in [0.29, 0.717) is 5.56 Å². The highest BCUT2D eigenvalue weighted by Crippen LogP contribution is 2.13. The van der Waals surface area contributed by atoms with Crippen molar-refractivity contribution in [3.63, 3.8) is 0 Å². The normalized spacial score (nSPS) is 14.2. The number of carbonyl (C=O) groups excluding carboxylic acids is 1. The van der Waals surface area contributed by atoms with Gasteiger partial charge in [-0.3, -0.25) is 4.79 Å². The molecule has 0 aliphatic carbocycles. The Morgan fingerprint density at radius 3 is 2.81 bits per heavy atom. The van der Waals surface area contributed by atoms with Gasteiger partial charge in [-0.15, -0.1) is 0 Å². The lowest BCUT2D eigenvalue weighted by Gasteiger charge is -2.22. The van der Waals surface area contributed by atoms with Crippen LogP contribution in [0.3, 0.4) is 0 Å². The monoisotopic (exact) mass is 225 g/mol. The second-order valence-corrected chi connectivity index (χ2v) is 3.94. The summed E-state index contributed by atoms with van der Waals surface area (Å²) in [6, 6.07) is 6.03. The van der Waals surface area contributed by atoms with Crippen LogP contribution in [0.5, 0.6) is 0 Å². The van der Waals surface area contributed by atoms with Crippen LogP contribution >= 0.6 is 0 Å². The average Bonchev–Trinajstić information content (AvgIpc) is 2.17. The molecule has 1 rings (SSSR count). The predicted octanol–water partition coefficient (Wildman–Crippen LogP) is 1.65. The smallest absolute Gasteiger partial charge is 0.326 e. The summed E-state index contributed by atoms with van der Waals surface area (Å²) >= 11 is 0. The van der Waals surface area contributed by atoms with Crippen molar-refractivity contribution in [1.82, 2.24) is 0 Å². The van der Waals surface area contributed by atoms with Crippen molar-refractivity contribution >= 4 is 5.97 Å². The average molecular weight is 225 g/mol. The molecule has 0 aromatic heterocycles. The number of carbonyl (C=O) groups is 1. The van der Waals surface area contributed by atoms with Gasteiger partial charge in [-0.05, 0) is 31.5 Å². The molecule has 2 N–H and O–H groups in total. The third-order valence-electron chi connectivity index (χ3n) is 2.20. The molecule has 0 amide bonds. The molecule has 0 aliphatic heterocycles. The van der Waals surface area contributed by atoms with Crippen molar-refractivity contribution in [3.8, 4) is 0 Å². The third kappa shape index (κ3) is 3.31. The molecule has 3 nitrogen and oxygen atoms in total. The highest BCUT2D eigenvalue weighted by molar-refractivity contribution is 5.80. The molecule has 0 heterocycles. The molecule has 16 heavy (non-hydrogen) atoms. The van der Waals surface area contributed by atoms with Gasteiger partial charge in [0.2, 0.25) is 0 Å². The fourth-order valence-electron chi connectivity index (χ4n) is 1.44. The van der Waals surface area contributed by atoms with Crippen LogP contribution < -0.4 is 5.73 Å². The summed E-state index contributed by atoms with van der Waals surface area (Å²) in [6.45, 7) is 3.58. The Hall–Kier alpha value is -1.42. The minimum absolute atomic E-state index is 0.254. The zero-order valence-corrected chi connectivity index (χ0v) is 9.50. The van der Waals surface area contributed by atoms with Crippen LogP contribution in [0.2, 0.25) is 0 Å². The van der Waals surface area contributed by atoms with Crippen LogP contribution in [-0.4, -0.2) is 18.1 Å². The first-order valence-corrected chi connectivity index (χ1v) is 5.16. The van der Waals surface area contributed by atoms with Crippen molar-refractivity contribution in [2.45, 2.75) is 25.8 Å². The van der Waals surface area contributed by atoms with Gasteiger partial charge in [0.05, 0.1) is 6.61 Å². The fraction of sp³-hybridized carbons (Fsp3) is 0.417. The second-order valence-electron chi connectivity index (χ2n) is 3.94. The Labute approximate surface area is 94.4 Å². The Morgan fingerprint density at radius 2 is 2.25 bits per heavy atom. The van der Waals surface area contributed by atoms with E-state index in [1.54, 1.807) is 26.0 Å². The van der Waals surface area contributed by atoms with Crippen LogP contribution in [0.15, 0.2) is 24.3 Å². The van der Waals surface area contributed by atoms with E-state index < -0.39 is 11.5 Å². The first-order valence-electron chi connectivity index (χ1n) is 5.16. The molecule has 0 saturated carbocycles. The lowest BCUT2D eigenvalue weighted by Crippen LogP contribution is -2.48. The zero-order chi connectivity index (χ0) is 12.2. The van der Waals surface area contributed by atoms with Gasteiger partial charge in [0.15, 0.2) is 0 Å². The van der Waals surface area contributed by atoms with E-state index in [2.05, 4.69) is 0 Å². The molecule has 0 bridgehead atoms. The van der Waals surface area contributed by atoms with Crippen LogP contribution in [0, 0.1) is 5.82 Å². The molecular weight excluding hydrogens is 209 g/mol. The highest BCUT2D eigenvalue weighted by atomic mass is 19.1. The molecule has 1 aromatic carbocycles. The summed E-state index contributed by atoms with van der Waals surface area (Å²) < 4.78 is 17.8. The van der Waals surface area contributed by atoms with Gasteiger partial charge in [-0.2, -0.15) is 0 Å². The highest BCUT2D eigenvalue weighted by Gasteiger charge is 2.30. The quantitative estimate of drug-likeness (QED) is 0.793. The molecule has 0 unspecified atom stereocenters. The van der Waals surface area contributed by atoms with Crippen LogP contribution in [0.25, 0.3) is 0 Å². The maximum Gasteiger partial charge on any atom is 0.326 e. The number of hydrogen-bond acceptors (Lipinski definition) is 3. The number of esters is 1. The van der Waals surface area contributed by atoms with E-state index >= 15 is 0 Å². The van der Waals surface area contributed by atoms with Gasteiger partial charge in [-0.1, -0.05) is 12.1 Å². The van der Waals surface area contributed by atoms with Crippen LogP contribution in [0.4, 0.5) is 4.39 Å². The van der Waals surface area contributed by atoms with Gasteiger partial charge < -0.3 is 10.5 Å². The SMILES string of the molecule is CCOC(=O)[C@](C)(N)Cc1cccc(F)c1. The molecule has 4 heteroatoms. The Kier molecular flexibility index (Phi) is 4.01. The summed E-state index contributed by atoms with van der Waals surface area (Å²) in [5.74, 6) is -0.809. The van der Waals surface area contributed by atoms with Crippen LogP contribution in [-0.2, 0) is 16.0 Å². The van der Waals surface area contributed by atoms with Crippen molar-refractivity contribution < 1.29 is 13.9 Å². The van der Waals surface area contributed by atoms with Crippen molar-refractivity contribution in [1.29, 1.82) is 0 Å². The minimum Gasteiger partial charge on any atom is -0.465 e. The van der Waals surface area contributed by atoms with E-state index in [0.717, 1.165) is 0 Å². The molecule has 0 saturated heterocycles. The van der Waals surface area contributed by atoms with E-state index in [1.807, 2.05) is 0 Å². The number of ether oxygens (including phenoxy) is 1.